The number of anilines is 1. The van der Waals surface area contributed by atoms with Gasteiger partial charge in [0.25, 0.3) is 5.62 Å². The van der Waals surface area contributed by atoms with Crippen LogP contribution < -0.4 is 21.1 Å². The molecule has 6 rings (SSSR count). The molecule has 4 aliphatic heterocycles. The van der Waals surface area contributed by atoms with E-state index >= 15 is 4.39 Å². The minimum Gasteiger partial charge on any atom is -0.512 e. The van der Waals surface area contributed by atoms with Gasteiger partial charge < -0.3 is 24.2 Å². The Labute approximate surface area is 281 Å². The number of aromatic nitrogens is 4. The van der Waals surface area contributed by atoms with Crippen molar-refractivity contribution >= 4 is 29.9 Å². The number of carbonyl (C=O) groups excluding carboxylic acids is 1. The van der Waals surface area contributed by atoms with Gasteiger partial charge in [0.2, 0.25) is 0 Å². The molecule has 5 aliphatic rings. The van der Waals surface area contributed by atoms with E-state index in [4.69, 9.17) is 9.72 Å². The summed E-state index contributed by atoms with van der Waals surface area (Å²) in [6.07, 6.45) is 8.29. The molecule has 11 nitrogen and oxygen atoms in total. The van der Waals surface area contributed by atoms with Gasteiger partial charge in [0, 0.05) is 87.0 Å². The number of halogens is 1. The van der Waals surface area contributed by atoms with Crippen molar-refractivity contribution in [3.8, 4) is 11.4 Å². The molecule has 0 spiro atoms. The average Bonchev–Trinajstić information content (AvgIpc) is 3.56. The third-order valence-electron chi connectivity index (χ3n) is 9.90. The van der Waals surface area contributed by atoms with Crippen molar-refractivity contribution in [2.24, 2.45) is 4.99 Å². The number of pyridine rings is 2. The molecule has 0 bridgehead atoms. The van der Waals surface area contributed by atoms with Crippen molar-refractivity contribution in [3.05, 3.63) is 46.3 Å². The Morgan fingerprint density at radius 1 is 1.08 bits per heavy atom. The van der Waals surface area contributed by atoms with Crippen molar-refractivity contribution in [2.45, 2.75) is 90.5 Å². The van der Waals surface area contributed by atoms with E-state index in [0.717, 1.165) is 85.1 Å². The Bertz CT molecular complexity index is 1780. The number of fused-ring (bicyclic) bond motifs is 1. The minimum absolute atomic E-state index is 0.245. The molecule has 1 saturated carbocycles. The highest BCUT2D eigenvalue weighted by atomic mass is 19.1. The summed E-state index contributed by atoms with van der Waals surface area (Å²) in [7, 11) is 0. The third kappa shape index (κ3) is 7.33. The summed E-state index contributed by atoms with van der Waals surface area (Å²) in [4.78, 5) is 37.2. The number of nitrogens with zero attached hydrogens (tertiary/aromatic N) is 8. The Morgan fingerprint density at radius 3 is 2.38 bits per heavy atom. The molecule has 0 unspecified atom stereocenters. The fourth-order valence-electron chi connectivity index (χ4n) is 7.37. The maximum atomic E-state index is 15.8. The molecule has 1 aliphatic carbocycles. The van der Waals surface area contributed by atoms with Crippen LogP contribution in [0, 0.1) is 6.92 Å². The number of aliphatic hydroxyl groups excluding tert-OH is 1. The number of piperazine rings is 1. The standard InChI is InChI=1S/C36H49FN8O3/c1-24-29-22-39-33(41-32(29)45(27-9-7-8-10-27)25(2)31(24)26(3)46)40-30-12-11-28(21-38-30)43-19-17-42(18-20-43)23-36(37)13-15-44(16-14-36)34(47)48-35(4,5)6/h11-12,21-22,27,46H,2,7-10,13-20,23H2,1,3-6H3/b31-26+,40-33?. The fourth-order valence-corrected chi connectivity index (χ4v) is 7.37. The molecule has 48 heavy (non-hydrogen) atoms. The van der Waals surface area contributed by atoms with Gasteiger partial charge in [-0.3, -0.25) is 4.90 Å². The Kier molecular flexibility index (Phi) is 9.48. The van der Waals surface area contributed by atoms with Crippen LogP contribution >= 0.6 is 0 Å². The van der Waals surface area contributed by atoms with Crippen molar-refractivity contribution < 1.29 is 19.0 Å². The molecule has 12 heteroatoms. The van der Waals surface area contributed by atoms with Crippen LogP contribution in [-0.2, 0) is 4.74 Å². The average molecular weight is 661 g/mol. The fraction of sp³-hybridized carbons (Fsp3) is 0.583. The van der Waals surface area contributed by atoms with E-state index in [0.29, 0.717) is 43.9 Å². The second-order valence-electron chi connectivity index (χ2n) is 14.6. The van der Waals surface area contributed by atoms with Gasteiger partial charge in [-0.05, 0) is 65.2 Å². The number of hydrogen-bond donors (Lipinski definition) is 1. The number of likely N-dealkylation sites (tertiary alicyclic amines) is 1. The number of alkyl halides is 1. The first-order valence-corrected chi connectivity index (χ1v) is 17.2. The zero-order valence-corrected chi connectivity index (χ0v) is 29.0. The highest BCUT2D eigenvalue weighted by Crippen LogP contribution is 2.32. The lowest BCUT2D eigenvalue weighted by Crippen LogP contribution is -2.54. The van der Waals surface area contributed by atoms with E-state index in [1.807, 2.05) is 46.0 Å². The molecule has 258 valence electrons. The number of piperidine rings is 1. The van der Waals surface area contributed by atoms with Crippen molar-refractivity contribution in [1.82, 2.24) is 29.3 Å². The van der Waals surface area contributed by atoms with E-state index in [1.165, 1.54) is 0 Å². The SMILES string of the molecule is C=c1/c(=C(\C)O)c(C)c2cnc(=Nc3ccc(N4CCN(CC5(F)CCN(C(=O)OC(C)(C)C)CC5)CC4)cn3)nc-2n1C1CCCC1. The lowest BCUT2D eigenvalue weighted by molar-refractivity contribution is -0.00638. The smallest absolute Gasteiger partial charge is 0.410 e. The largest absolute Gasteiger partial charge is 0.512 e. The summed E-state index contributed by atoms with van der Waals surface area (Å²) < 4.78 is 23.4. The molecular weight excluding hydrogens is 611 g/mol. The summed E-state index contributed by atoms with van der Waals surface area (Å²) in [6.45, 7) is 17.7. The number of hydrogen-bond acceptors (Lipinski definition) is 9. The van der Waals surface area contributed by atoms with Gasteiger partial charge in [-0.1, -0.05) is 19.4 Å². The minimum atomic E-state index is -1.31. The molecule has 1 amide bonds. The predicted octanol–water partition coefficient (Wildman–Crippen LogP) is 4.39. The summed E-state index contributed by atoms with van der Waals surface area (Å²) in [6, 6.07) is 4.15. The molecule has 0 aromatic carbocycles. The van der Waals surface area contributed by atoms with Crippen LogP contribution in [0.4, 0.5) is 20.7 Å². The van der Waals surface area contributed by atoms with E-state index < -0.39 is 11.3 Å². The van der Waals surface area contributed by atoms with Crippen molar-refractivity contribution in [3.63, 3.8) is 0 Å². The van der Waals surface area contributed by atoms with Crippen LogP contribution in [0.5, 0.6) is 0 Å². The van der Waals surface area contributed by atoms with E-state index in [9.17, 15) is 9.90 Å². The van der Waals surface area contributed by atoms with Gasteiger partial charge in [0.1, 0.15) is 17.1 Å². The van der Waals surface area contributed by atoms with Crippen LogP contribution in [0.3, 0.4) is 0 Å². The molecule has 2 saturated heterocycles. The Balaban J connectivity index is 1.10. The Morgan fingerprint density at radius 2 is 1.77 bits per heavy atom. The summed E-state index contributed by atoms with van der Waals surface area (Å²) in [5.41, 5.74) is 1.24. The van der Waals surface area contributed by atoms with Gasteiger partial charge in [-0.25, -0.2) is 19.2 Å². The monoisotopic (exact) mass is 660 g/mol. The van der Waals surface area contributed by atoms with Gasteiger partial charge in [0.05, 0.1) is 17.6 Å². The second-order valence-corrected chi connectivity index (χ2v) is 14.6. The van der Waals surface area contributed by atoms with Crippen molar-refractivity contribution in [1.29, 1.82) is 0 Å². The summed E-state index contributed by atoms with van der Waals surface area (Å²) >= 11 is 0. The van der Waals surface area contributed by atoms with E-state index in [2.05, 4.69) is 35.9 Å². The maximum Gasteiger partial charge on any atom is 0.410 e. The number of amides is 1. The lowest BCUT2D eigenvalue weighted by atomic mass is 9.92. The molecule has 0 atom stereocenters. The second kappa shape index (κ2) is 13.4. The van der Waals surface area contributed by atoms with Crippen LogP contribution in [0.2, 0.25) is 0 Å². The molecule has 0 radical (unpaired) electrons. The summed E-state index contributed by atoms with van der Waals surface area (Å²) in [5, 5.41) is 12.0. The third-order valence-corrected chi connectivity index (χ3v) is 9.90. The van der Waals surface area contributed by atoms with Gasteiger partial charge in [-0.2, -0.15) is 9.98 Å². The highest BCUT2D eigenvalue weighted by molar-refractivity contribution is 5.68. The number of rotatable bonds is 5. The number of carbonyl (C=O) groups is 1. The highest BCUT2D eigenvalue weighted by Gasteiger charge is 2.39. The van der Waals surface area contributed by atoms with Crippen LogP contribution in [0.25, 0.3) is 23.7 Å². The molecule has 3 fully saturated rings. The quantitative estimate of drug-likeness (QED) is 0.429. The molecule has 1 aromatic heterocycles. The van der Waals surface area contributed by atoms with Crippen LogP contribution in [0.15, 0.2) is 29.5 Å². The molecule has 1 aromatic rings. The summed E-state index contributed by atoms with van der Waals surface area (Å²) in [5.74, 6) is 1.54. The number of aliphatic hydroxyl groups is 1. The zero-order valence-electron chi connectivity index (χ0n) is 29.0. The van der Waals surface area contributed by atoms with Gasteiger partial charge in [0.15, 0.2) is 5.82 Å². The van der Waals surface area contributed by atoms with Crippen molar-refractivity contribution in [2.75, 3.05) is 50.7 Å². The Hall–Kier alpha value is -4.06. The van der Waals surface area contributed by atoms with E-state index in [-0.39, 0.29) is 17.9 Å². The lowest BCUT2D eigenvalue weighted by Gasteiger charge is -2.42. The zero-order chi connectivity index (χ0) is 34.2. The van der Waals surface area contributed by atoms with Gasteiger partial charge in [-0.15, -0.1) is 0 Å². The predicted molar refractivity (Wildman–Crippen MR) is 184 cm³/mol. The van der Waals surface area contributed by atoms with Crippen LogP contribution in [0.1, 0.15) is 77.8 Å². The molecular formula is C36H49FN8O3. The molecule has 5 heterocycles. The normalized spacial score (nSPS) is 20.4. The molecule has 1 N–H and O–H groups in total. The van der Waals surface area contributed by atoms with E-state index in [1.54, 1.807) is 18.0 Å². The maximum absolute atomic E-state index is 15.8. The topological polar surface area (TPSA) is 112 Å². The first-order chi connectivity index (χ1) is 22.8. The first-order valence-electron chi connectivity index (χ1n) is 17.2. The van der Waals surface area contributed by atoms with Crippen LogP contribution in [-0.4, -0.2) is 97.6 Å². The van der Waals surface area contributed by atoms with Gasteiger partial charge >= 0.3 is 6.09 Å². The first kappa shape index (κ1) is 33.8. The number of ether oxygens (including phenoxy) is 1.